The first-order valence-electron chi connectivity index (χ1n) is 40.5. The van der Waals surface area contributed by atoms with E-state index in [-0.39, 0.29) is 107 Å². The number of aromatic nitrogens is 1. The number of amides is 15. The molecule has 0 unspecified atom stereocenters. The molecular formula is C86H108ClN17O16. The second-order valence-electron chi connectivity index (χ2n) is 31.3. The SMILES string of the molecule is CC(=O)N[C@H](Cc1ccc2ccccc2c1)C(=O)N[C@H](Cc1ccc(Cl)cc1)C(=O)N[C@H](Cc1cccnc1)C(=O)N[C@@H](CO)C(=O)N[C@@H](Cc1ccc(NC(=O)[C@@H]2CCC(=O)N2)cc1)C(=O)N[C@H](Cc1ccc(NC(=O)[C@@H]2CCC(=O)N2)cc1)C(=O)N[C@@H](CC(C)C)C(=O)N[C@@H](CCCCNC(C)C)C(=O)N1CCC[C@H]1C(=O)N[C@H](C)C(N)=O. The van der Waals surface area contributed by atoms with Crippen LogP contribution in [0.15, 0.2) is 140 Å². The molecule has 3 aliphatic heterocycles. The number of pyridine rings is 1. The smallest absolute Gasteiger partial charge is 0.246 e. The van der Waals surface area contributed by atoms with Crippen molar-refractivity contribution >= 4 is 122 Å². The van der Waals surface area contributed by atoms with Crippen molar-refractivity contribution in [1.82, 2.24) is 73.7 Å². The molecule has 0 radical (unpaired) electrons. The monoisotopic (exact) mass is 1670 g/mol. The lowest BCUT2D eigenvalue weighted by Crippen LogP contribution is -2.62. The van der Waals surface area contributed by atoms with Crippen LogP contribution in [0.1, 0.15) is 134 Å². The van der Waals surface area contributed by atoms with Crippen LogP contribution in [0.4, 0.5) is 11.4 Å². The topological polar surface area (TPSA) is 487 Å². The van der Waals surface area contributed by atoms with Gasteiger partial charge in [-0.15, -0.1) is 0 Å². The number of halogens is 1. The van der Waals surface area contributed by atoms with Gasteiger partial charge in [0, 0.05) is 93.2 Å². The number of hydrogen-bond donors (Lipinski definition) is 16. The van der Waals surface area contributed by atoms with E-state index in [0.29, 0.717) is 64.3 Å². The molecule has 6 aromatic rings. The third-order valence-corrected chi connectivity index (χ3v) is 21.1. The Bertz CT molecular complexity index is 4650. The fourth-order valence-corrected chi connectivity index (χ4v) is 14.4. The molecule has 0 saturated carbocycles. The number of nitrogens with two attached hydrogens (primary N) is 1. The van der Waals surface area contributed by atoms with E-state index in [4.69, 9.17) is 17.3 Å². The van der Waals surface area contributed by atoms with Gasteiger partial charge < -0.3 is 90.2 Å². The Labute approximate surface area is 700 Å². The molecule has 0 bridgehead atoms. The van der Waals surface area contributed by atoms with Crippen molar-refractivity contribution in [3.8, 4) is 0 Å². The minimum Gasteiger partial charge on any atom is -0.394 e. The fraction of sp³-hybridized carbons (Fsp3) is 0.442. The third kappa shape index (κ3) is 28.0. The fourth-order valence-electron chi connectivity index (χ4n) is 14.3. The van der Waals surface area contributed by atoms with Crippen LogP contribution in [0, 0.1) is 5.92 Å². The number of anilines is 2. The highest BCUT2D eigenvalue weighted by atomic mass is 35.5. The van der Waals surface area contributed by atoms with E-state index in [1.54, 1.807) is 62.4 Å². The largest absolute Gasteiger partial charge is 0.394 e. The van der Waals surface area contributed by atoms with Gasteiger partial charge in [-0.25, -0.2) is 0 Å². The van der Waals surface area contributed by atoms with E-state index in [0.717, 1.165) is 10.8 Å². The van der Waals surface area contributed by atoms with Crippen molar-refractivity contribution in [3.05, 3.63) is 173 Å². The molecule has 33 nitrogen and oxygen atoms in total. The first kappa shape index (κ1) is 91.7. The molecule has 5 aromatic carbocycles. The van der Waals surface area contributed by atoms with Gasteiger partial charge in [-0.05, 0) is 152 Å². The summed E-state index contributed by atoms with van der Waals surface area (Å²) >= 11 is 6.28. The summed E-state index contributed by atoms with van der Waals surface area (Å²) in [6.07, 6.45) is 4.37. The summed E-state index contributed by atoms with van der Waals surface area (Å²) in [6.45, 7) is 9.82. The molecule has 640 valence electrons. The zero-order valence-electron chi connectivity index (χ0n) is 68.0. The van der Waals surface area contributed by atoms with Crippen LogP contribution in [0.2, 0.25) is 5.02 Å². The molecule has 34 heteroatoms. The molecule has 15 amide bonds. The van der Waals surface area contributed by atoms with Gasteiger partial charge in [-0.1, -0.05) is 124 Å². The van der Waals surface area contributed by atoms with Crippen LogP contribution in [0.25, 0.3) is 10.8 Å². The maximum atomic E-state index is 15.6. The highest BCUT2D eigenvalue weighted by Gasteiger charge is 2.41. The second kappa shape index (κ2) is 44.5. The molecule has 0 spiro atoms. The number of benzene rings is 5. The normalized spacial score (nSPS) is 17.2. The Morgan fingerprint density at radius 2 is 0.950 bits per heavy atom. The zero-order chi connectivity index (χ0) is 86.7. The molecule has 12 atom stereocenters. The summed E-state index contributed by atoms with van der Waals surface area (Å²) in [5.74, 6) is -11.0. The minimum atomic E-state index is -1.90. The first-order chi connectivity index (χ1) is 57.3. The molecule has 9 rings (SSSR count). The highest BCUT2D eigenvalue weighted by molar-refractivity contribution is 6.30. The van der Waals surface area contributed by atoms with Gasteiger partial charge >= 0.3 is 0 Å². The van der Waals surface area contributed by atoms with Gasteiger partial charge in [0.05, 0.1) is 6.61 Å². The van der Waals surface area contributed by atoms with Crippen molar-refractivity contribution in [1.29, 1.82) is 0 Å². The number of carbonyl (C=O) groups excluding carboxylic acids is 15. The summed E-state index contributed by atoms with van der Waals surface area (Å²) in [6, 6.07) is 19.4. The Balaban J connectivity index is 1.01. The molecule has 4 heterocycles. The second-order valence-corrected chi connectivity index (χ2v) is 31.7. The predicted molar refractivity (Wildman–Crippen MR) is 447 cm³/mol. The number of carbonyl (C=O) groups is 15. The minimum absolute atomic E-state index is 0.0103. The maximum absolute atomic E-state index is 15.6. The van der Waals surface area contributed by atoms with Crippen molar-refractivity contribution in [2.24, 2.45) is 11.7 Å². The summed E-state index contributed by atoms with van der Waals surface area (Å²) < 4.78 is 0. The van der Waals surface area contributed by atoms with Crippen molar-refractivity contribution in [2.75, 3.05) is 30.3 Å². The maximum Gasteiger partial charge on any atom is 0.246 e. The number of nitrogens with one attached hydrogen (secondary N) is 14. The first-order valence-corrected chi connectivity index (χ1v) is 40.9. The van der Waals surface area contributed by atoms with Crippen molar-refractivity contribution in [2.45, 2.75) is 216 Å². The summed E-state index contributed by atoms with van der Waals surface area (Å²) in [5.41, 5.74) is 8.43. The summed E-state index contributed by atoms with van der Waals surface area (Å²) in [4.78, 5) is 215. The number of nitrogens with zero attached hydrogens (tertiary/aromatic N) is 2. The lowest BCUT2D eigenvalue weighted by Gasteiger charge is -2.31. The number of likely N-dealkylation sites (tertiary alicyclic amines) is 1. The average molecular weight is 1670 g/mol. The van der Waals surface area contributed by atoms with Gasteiger partial charge in [-0.3, -0.25) is 76.9 Å². The molecule has 17 N–H and O–H groups in total. The van der Waals surface area contributed by atoms with Gasteiger partial charge in [0.1, 0.15) is 72.5 Å². The van der Waals surface area contributed by atoms with Crippen molar-refractivity contribution < 1.29 is 77.0 Å². The van der Waals surface area contributed by atoms with Crippen LogP contribution >= 0.6 is 11.6 Å². The van der Waals surface area contributed by atoms with Crippen molar-refractivity contribution in [3.63, 3.8) is 0 Å². The Kier molecular flexibility index (Phi) is 34.0. The number of aliphatic hydroxyl groups is 1. The van der Waals surface area contributed by atoms with E-state index in [1.165, 1.54) is 67.5 Å². The predicted octanol–water partition coefficient (Wildman–Crippen LogP) is 1.92. The Hall–Kier alpha value is -12.2. The number of unbranched alkanes of at least 4 members (excludes halogenated alkanes) is 1. The van der Waals surface area contributed by atoms with Crippen LogP contribution in [0.5, 0.6) is 0 Å². The Morgan fingerprint density at radius 3 is 1.42 bits per heavy atom. The zero-order valence-corrected chi connectivity index (χ0v) is 68.8. The molecule has 0 aliphatic carbocycles. The van der Waals surface area contributed by atoms with Crippen LogP contribution in [-0.2, 0) is 104 Å². The van der Waals surface area contributed by atoms with E-state index in [2.05, 4.69) is 79.4 Å². The van der Waals surface area contributed by atoms with Gasteiger partial charge in [-0.2, -0.15) is 0 Å². The summed E-state index contributed by atoms with van der Waals surface area (Å²) in [5, 5.41) is 52.0. The van der Waals surface area contributed by atoms with E-state index in [9.17, 15) is 48.3 Å². The molecule has 120 heavy (non-hydrogen) atoms. The van der Waals surface area contributed by atoms with Gasteiger partial charge in [0.25, 0.3) is 0 Å². The molecular weight excluding hydrogens is 1560 g/mol. The van der Waals surface area contributed by atoms with Gasteiger partial charge in [0.2, 0.25) is 88.6 Å². The molecule has 3 fully saturated rings. The van der Waals surface area contributed by atoms with E-state index < -0.39 is 162 Å². The Morgan fingerprint density at radius 1 is 0.500 bits per heavy atom. The average Bonchev–Trinajstić information content (AvgIpc) is 1.55. The number of rotatable bonds is 42. The van der Waals surface area contributed by atoms with Crippen LogP contribution in [0.3, 0.4) is 0 Å². The number of hydrogen-bond acceptors (Lipinski definition) is 18. The van der Waals surface area contributed by atoms with E-state index >= 15 is 28.8 Å². The van der Waals surface area contributed by atoms with Gasteiger partial charge in [0.15, 0.2) is 0 Å². The standard InChI is InChI=1S/C86H108ClN17O16/c1-48(2)39-65(78(112)97-64(16-9-10-37-90-49(3)4)86(120)104-38-12-17-72(104)85(119)91-50(5)75(88)109)98-80(114)68(42-53-21-28-60(29-22-53)93-76(110)62-32-34-73(107)95-62)100-82(116)69(43-54-23-30-61(31-24-54)94-77(111)63-33-35-74(108)96-63)102-84(118)71(47-105)103-83(117)70(45-56-13-11-36-89-46-56)101-81(115)67(41-52-19-26-59(87)27-20-52)99-79(113)66(92-51(6)106)44-55-18-25-57-14-7-8-15-58(57)40-55/h7-8,11,13-15,18-31,36,40,46,48-50,62-72,90,105H,9-10,12,16-17,32-35,37-39,41-45,47H2,1-6H3,(H2,88,109)(H,91,119)(H,92,106)(H,93,110)(H,94,111)(H,95,107)(H,96,108)(H,97,112)(H,98,114)(H,99,113)(H,100,116)(H,101,115)(H,102,118)(H,103,117)/t50-,62+,63+,64+,65+,66-,67-,68-,69+,70-,71+,72+/m1/s1. The number of primary amides is 1. The highest BCUT2D eigenvalue weighted by Crippen LogP contribution is 2.24. The third-order valence-electron chi connectivity index (χ3n) is 20.8. The molecule has 3 aliphatic rings. The number of aliphatic hydroxyl groups excluding tert-OH is 1. The van der Waals surface area contributed by atoms with Crippen LogP contribution < -0.4 is 80.2 Å². The lowest BCUT2D eigenvalue weighted by atomic mass is 9.99. The van der Waals surface area contributed by atoms with E-state index in [1.807, 2.05) is 56.3 Å². The summed E-state index contributed by atoms with van der Waals surface area (Å²) in [7, 11) is 0. The quantitative estimate of drug-likeness (QED) is 0.0243. The van der Waals surface area contributed by atoms with Crippen LogP contribution in [-0.4, -0.2) is 202 Å². The molecule has 3 saturated heterocycles. The lowest BCUT2D eigenvalue weighted by molar-refractivity contribution is -0.142. The number of fused-ring (bicyclic) bond motifs is 1. The molecule has 1 aromatic heterocycles.